The van der Waals surface area contributed by atoms with Crippen molar-refractivity contribution in [2.45, 2.75) is 0 Å². The Bertz CT molecular complexity index is 31.8. The molecular weight excluding hydrogens is 151 g/mol. The largest absolute Gasteiger partial charge is 0.369 e. The minimum Gasteiger partial charge on any atom is -0.369 e. The molecule has 0 unspecified atom stereocenters. The first-order chi connectivity index (χ1) is 1.73. The van der Waals surface area contributed by atoms with Gasteiger partial charge >= 0.3 is 0 Å². The maximum atomic E-state index is 8.25. The zero-order valence-electron chi connectivity index (χ0n) is 3.12. The molecule has 3 radical (unpaired) electrons. The van der Waals surface area contributed by atoms with E-state index >= 15 is 0 Å². The summed E-state index contributed by atoms with van der Waals surface area (Å²) in [5.41, 5.74) is 0. The first kappa shape index (κ1) is 17.2. The molecule has 0 amide bonds. The summed E-state index contributed by atoms with van der Waals surface area (Å²) in [5, 5.41) is 14.8. The van der Waals surface area contributed by atoms with Gasteiger partial charge in [-0.2, -0.15) is 0 Å². The van der Waals surface area contributed by atoms with E-state index in [0.29, 0.717) is 0 Å². The van der Waals surface area contributed by atoms with Crippen LogP contribution in [-0.4, -0.2) is 23.0 Å². The Hall–Kier alpha value is -0.282. The predicted octanol–water partition coefficient (Wildman–Crippen LogP) is -0.244. The maximum Gasteiger partial charge on any atom is 0.0689 e. The molecule has 0 rings (SSSR count). The second kappa shape index (κ2) is 8.83. The van der Waals surface area contributed by atoms with Gasteiger partial charge in [-0.15, -0.1) is 0 Å². The Morgan fingerprint density at radius 2 is 1.33 bits per heavy atom. The standard InChI is InChI=1S/As.NO3.H3N/c;2-1(3)4;/h;;1H3/q;-1;/p+1. The quantitative estimate of drug-likeness (QED) is 0.296. The first-order valence-corrected chi connectivity index (χ1v) is 0.548. The Labute approximate surface area is 45.3 Å². The van der Waals surface area contributed by atoms with Gasteiger partial charge in [0.25, 0.3) is 0 Å². The first-order valence-electron chi connectivity index (χ1n) is 0.548. The zero-order valence-corrected chi connectivity index (χ0v) is 5.00. The van der Waals surface area contributed by atoms with E-state index in [1.807, 2.05) is 0 Å². The summed E-state index contributed by atoms with van der Waals surface area (Å²) in [5.74, 6) is 0. The van der Waals surface area contributed by atoms with Crippen LogP contribution in [0.1, 0.15) is 0 Å². The average Bonchev–Trinajstić information content (AvgIpc) is 0.811. The van der Waals surface area contributed by atoms with Gasteiger partial charge < -0.3 is 21.5 Å². The monoisotopic (exact) mass is 155 g/mol. The summed E-state index contributed by atoms with van der Waals surface area (Å²) < 4.78 is 0. The molecule has 6 heavy (non-hydrogen) atoms. The van der Waals surface area contributed by atoms with E-state index in [1.54, 1.807) is 0 Å². The number of hydrogen-bond acceptors (Lipinski definition) is 3. The number of hydrogen-bond donors (Lipinski definition) is 1. The molecule has 0 atom stereocenters. The van der Waals surface area contributed by atoms with Crippen molar-refractivity contribution in [3.05, 3.63) is 15.3 Å². The Morgan fingerprint density at radius 1 is 1.33 bits per heavy atom. The van der Waals surface area contributed by atoms with Gasteiger partial charge in [0.15, 0.2) is 0 Å². The topological polar surface area (TPSA) is 103 Å². The zero-order chi connectivity index (χ0) is 3.58. The summed E-state index contributed by atoms with van der Waals surface area (Å²) in [7, 11) is 0. The summed E-state index contributed by atoms with van der Waals surface area (Å²) in [6.07, 6.45) is 0. The molecule has 0 heterocycles. The number of quaternary nitrogens is 1. The third-order valence-electron chi connectivity index (χ3n) is 0. The van der Waals surface area contributed by atoms with Gasteiger partial charge in [0.1, 0.15) is 0 Å². The summed E-state index contributed by atoms with van der Waals surface area (Å²) in [6, 6.07) is 0. The molecule has 0 spiro atoms. The molecule has 0 fully saturated rings. The van der Waals surface area contributed by atoms with Gasteiger partial charge in [-0.05, 0) is 0 Å². The maximum absolute atomic E-state index is 8.25. The van der Waals surface area contributed by atoms with Crippen molar-refractivity contribution in [1.82, 2.24) is 6.15 Å². The van der Waals surface area contributed by atoms with Crippen LogP contribution in [0.25, 0.3) is 0 Å². The number of nitrogens with zero attached hydrogens (tertiary/aromatic N) is 1. The minimum atomic E-state index is -1.75. The van der Waals surface area contributed by atoms with Crippen molar-refractivity contribution in [1.29, 1.82) is 0 Å². The molecule has 0 saturated carbocycles. The van der Waals surface area contributed by atoms with Crippen molar-refractivity contribution < 1.29 is 5.09 Å². The average molecular weight is 155 g/mol. The predicted molar refractivity (Wildman–Crippen MR) is 22.1 cm³/mol. The normalized spacial score (nSPS) is 4.00. The molecule has 0 aliphatic rings. The van der Waals surface area contributed by atoms with E-state index in [1.165, 1.54) is 0 Å². The van der Waals surface area contributed by atoms with Crippen LogP contribution in [0.5, 0.6) is 0 Å². The summed E-state index contributed by atoms with van der Waals surface area (Å²) >= 11 is 0. The fourth-order valence-electron chi connectivity index (χ4n) is 0. The van der Waals surface area contributed by atoms with E-state index in [9.17, 15) is 0 Å². The molecule has 0 aliphatic heterocycles. The Kier molecular flexibility index (Phi) is 25.3. The van der Waals surface area contributed by atoms with Crippen LogP contribution in [0.3, 0.4) is 0 Å². The van der Waals surface area contributed by atoms with E-state index in [4.69, 9.17) is 15.3 Å². The van der Waals surface area contributed by atoms with E-state index in [-0.39, 0.29) is 24.1 Å². The van der Waals surface area contributed by atoms with Gasteiger partial charge in [-0.25, -0.2) is 0 Å². The van der Waals surface area contributed by atoms with E-state index in [2.05, 4.69) is 0 Å². The van der Waals surface area contributed by atoms with Crippen molar-refractivity contribution >= 4 is 18.0 Å². The Morgan fingerprint density at radius 3 is 1.33 bits per heavy atom. The van der Waals surface area contributed by atoms with Crippen molar-refractivity contribution in [3.63, 3.8) is 0 Å². The van der Waals surface area contributed by atoms with Crippen LogP contribution in [0, 0.1) is 15.3 Å². The van der Waals surface area contributed by atoms with Gasteiger partial charge in [0.2, 0.25) is 0 Å². The molecule has 0 aromatic heterocycles. The van der Waals surface area contributed by atoms with Crippen LogP contribution in [0.15, 0.2) is 0 Å². The minimum absolute atomic E-state index is 0. The third-order valence-corrected chi connectivity index (χ3v) is 0. The molecule has 0 saturated heterocycles. The molecule has 0 aliphatic carbocycles. The molecule has 5 nitrogen and oxygen atoms in total. The fraction of sp³-hybridized carbons (Fsp3) is 0. The molecule has 4 N–H and O–H groups in total. The van der Waals surface area contributed by atoms with Crippen LogP contribution in [0.2, 0.25) is 0 Å². The second-order valence-corrected chi connectivity index (χ2v) is 0.224. The molecule has 6 heteroatoms. The van der Waals surface area contributed by atoms with Gasteiger partial charge in [0, 0.05) is 18.0 Å². The molecule has 0 aromatic carbocycles. The Balaban J connectivity index is -0.0000000450. The number of rotatable bonds is 0. The molecular formula is H4AsN2O3. The summed E-state index contributed by atoms with van der Waals surface area (Å²) in [4.78, 5) is 8.25. The molecule has 0 aromatic rings. The smallest absolute Gasteiger partial charge is 0.0689 e. The van der Waals surface area contributed by atoms with Crippen molar-refractivity contribution in [3.8, 4) is 0 Å². The third kappa shape index (κ3) is 347. The SMILES string of the molecule is O=[N+]([O-])[O-].[As].[NH4+]. The van der Waals surface area contributed by atoms with Crippen LogP contribution >= 0.6 is 0 Å². The van der Waals surface area contributed by atoms with Crippen molar-refractivity contribution in [2.75, 3.05) is 0 Å². The van der Waals surface area contributed by atoms with Crippen LogP contribution in [-0.2, 0) is 0 Å². The van der Waals surface area contributed by atoms with Gasteiger partial charge in [-0.3, -0.25) is 0 Å². The van der Waals surface area contributed by atoms with Gasteiger partial charge in [0.05, 0.1) is 5.09 Å². The van der Waals surface area contributed by atoms with E-state index in [0.717, 1.165) is 0 Å². The second-order valence-electron chi connectivity index (χ2n) is 0.224. The summed E-state index contributed by atoms with van der Waals surface area (Å²) in [6.45, 7) is 0. The van der Waals surface area contributed by atoms with E-state index < -0.39 is 5.09 Å². The van der Waals surface area contributed by atoms with Gasteiger partial charge in [-0.1, -0.05) is 0 Å². The van der Waals surface area contributed by atoms with Crippen LogP contribution in [0.4, 0.5) is 0 Å². The van der Waals surface area contributed by atoms with Crippen molar-refractivity contribution in [2.24, 2.45) is 0 Å². The molecule has 37 valence electrons. The fourth-order valence-corrected chi connectivity index (χ4v) is 0. The molecule has 0 bridgehead atoms. The van der Waals surface area contributed by atoms with Crippen LogP contribution < -0.4 is 6.15 Å².